The molecule has 0 aromatic heterocycles. The molecule has 0 amide bonds. The third-order valence-corrected chi connectivity index (χ3v) is 10.5. The molecule has 0 aromatic carbocycles. The Bertz CT molecular complexity index is 659. The van der Waals surface area contributed by atoms with Crippen LogP contribution in [0.15, 0.2) is 0 Å². The Hall–Kier alpha value is 1.22. The van der Waals surface area contributed by atoms with Crippen molar-refractivity contribution in [2.75, 3.05) is 6.61 Å². The van der Waals surface area contributed by atoms with Crippen molar-refractivity contribution in [3.05, 3.63) is 5.92 Å². The minimum absolute atomic E-state index is 0. The fourth-order valence-electron chi connectivity index (χ4n) is 9.25. The summed E-state index contributed by atoms with van der Waals surface area (Å²) in [5, 5.41) is 42.9. The second-order valence-electron chi connectivity index (χ2n) is 11.3. The number of aliphatic hydroxyl groups excluding tert-OH is 2. The van der Waals surface area contributed by atoms with Crippen molar-refractivity contribution in [3.8, 4) is 0 Å². The zero-order chi connectivity index (χ0) is 20.8. The monoisotopic (exact) mass is 545 g/mol. The molecule has 6 aliphatic carbocycles. The van der Waals surface area contributed by atoms with Gasteiger partial charge in [-0.1, -0.05) is 44.6 Å². The number of hydrogen-bond donors (Lipinski definition) is 4. The molecule has 10 unspecified atom stereocenters. The van der Waals surface area contributed by atoms with Crippen LogP contribution in [-0.2, 0) is 0 Å². The first-order chi connectivity index (χ1) is 13.8. The van der Waals surface area contributed by atoms with Gasteiger partial charge in [-0.25, -0.2) is 0 Å². The van der Waals surface area contributed by atoms with Crippen LogP contribution in [0.3, 0.4) is 0 Å². The predicted molar refractivity (Wildman–Crippen MR) is 112 cm³/mol. The van der Waals surface area contributed by atoms with Gasteiger partial charge in [0, 0.05) is 54.8 Å². The summed E-state index contributed by atoms with van der Waals surface area (Å²) in [6.45, 7) is 6.50. The zero-order valence-corrected chi connectivity index (χ0v) is 22.1. The summed E-state index contributed by atoms with van der Waals surface area (Å²) in [4.78, 5) is 0. The molecule has 4 N–H and O–H groups in total. The van der Waals surface area contributed by atoms with Crippen LogP contribution in [0.4, 0.5) is 0 Å². The van der Waals surface area contributed by atoms with Gasteiger partial charge < -0.3 is 20.4 Å². The predicted octanol–water partition coefficient (Wildman–Crippen LogP) is 3.31. The molecule has 0 spiro atoms. The van der Waals surface area contributed by atoms with Crippen LogP contribution in [0.5, 0.6) is 0 Å². The molecule has 4 nitrogen and oxygen atoms in total. The summed E-state index contributed by atoms with van der Waals surface area (Å²) in [5.74, 6) is 5.20. The number of rotatable bonds is 3. The Morgan fingerprint density at radius 2 is 1.70 bits per heavy atom. The summed E-state index contributed by atoms with van der Waals surface area (Å²) >= 11 is 0. The Kier molecular flexibility index (Phi) is 6.62. The first-order valence-electron chi connectivity index (χ1n) is 12.4. The standard InChI is InChI=1S/C23H35O4.C2H6.Ce/c1-21-7-5-12(25)11-23(21,27)18-10-14(18)19-15(21)3-4-16-20(19)13-9-17(13)22(16,26)6-2-8-24;1-2;/h12-15,17-20,24-27H,2-11H2,1H3;1-2H3;/q-1;;/t12?,13?,14?,15?,17?,18?,19?,20?,21?,22-,23?;;/m1../s1. The molecule has 6 aliphatic rings. The quantitative estimate of drug-likeness (QED) is 0.411. The molecule has 0 saturated heterocycles. The van der Waals surface area contributed by atoms with Gasteiger partial charge in [0.25, 0.3) is 0 Å². The maximum Gasteiger partial charge on any atom is 0.0759 e. The Labute approximate surface area is 216 Å². The van der Waals surface area contributed by atoms with Crippen LogP contribution >= 0.6 is 0 Å². The Morgan fingerprint density at radius 3 is 2.40 bits per heavy atom. The molecule has 6 rings (SSSR count). The maximum atomic E-state index is 11.8. The van der Waals surface area contributed by atoms with E-state index in [9.17, 15) is 20.4 Å². The minimum atomic E-state index is -0.678. The molecule has 0 aliphatic heterocycles. The van der Waals surface area contributed by atoms with E-state index >= 15 is 0 Å². The molecule has 30 heavy (non-hydrogen) atoms. The van der Waals surface area contributed by atoms with Gasteiger partial charge >= 0.3 is 0 Å². The molecule has 0 heterocycles. The van der Waals surface area contributed by atoms with Gasteiger partial charge in [0.1, 0.15) is 0 Å². The molecule has 0 aromatic rings. The Morgan fingerprint density at radius 1 is 1.00 bits per heavy atom. The van der Waals surface area contributed by atoms with Gasteiger partial charge in [-0.2, -0.15) is 12.3 Å². The van der Waals surface area contributed by atoms with Gasteiger partial charge in [-0.3, -0.25) is 5.92 Å². The van der Waals surface area contributed by atoms with Crippen molar-refractivity contribution in [1.82, 2.24) is 0 Å². The minimum Gasteiger partial charge on any atom is -0.421 e. The SMILES string of the molecule is CC.CC12CCC(O)CC1(O)C1CC1C1C3[C-](CCC12)[C@](O)(CCCO)C1CC31.[Ce]. The summed E-state index contributed by atoms with van der Waals surface area (Å²) in [5.41, 5.74) is -1.37. The van der Waals surface area contributed by atoms with Crippen LogP contribution in [-0.4, -0.2) is 44.3 Å². The molecular weight excluding hydrogens is 504 g/mol. The third kappa shape index (κ3) is 3.06. The van der Waals surface area contributed by atoms with Crippen molar-refractivity contribution in [2.24, 2.45) is 46.8 Å². The van der Waals surface area contributed by atoms with Crippen molar-refractivity contribution in [3.63, 3.8) is 0 Å². The first-order valence-corrected chi connectivity index (χ1v) is 12.4. The number of hydrogen-bond acceptors (Lipinski definition) is 4. The molecule has 6 saturated carbocycles. The van der Waals surface area contributed by atoms with Gasteiger partial charge in [-0.05, 0) is 67.6 Å². The largest absolute Gasteiger partial charge is 0.421 e. The molecule has 0 bridgehead atoms. The summed E-state index contributed by atoms with van der Waals surface area (Å²) in [6.07, 6.45) is 7.82. The molecule has 6 fully saturated rings. The second kappa shape index (κ2) is 8.16. The summed E-state index contributed by atoms with van der Waals surface area (Å²) in [6, 6.07) is 0. The molecule has 11 atom stereocenters. The zero-order valence-electron chi connectivity index (χ0n) is 19.0. The molecule has 5 heteroatoms. The summed E-state index contributed by atoms with van der Waals surface area (Å²) in [7, 11) is 0. The Balaban J connectivity index is 0.000000706. The topological polar surface area (TPSA) is 80.9 Å². The fraction of sp³-hybridized carbons (Fsp3) is 0.960. The van der Waals surface area contributed by atoms with E-state index in [1.54, 1.807) is 0 Å². The fourth-order valence-corrected chi connectivity index (χ4v) is 9.25. The maximum absolute atomic E-state index is 11.8. The van der Waals surface area contributed by atoms with Crippen molar-refractivity contribution in [2.45, 2.75) is 95.9 Å². The van der Waals surface area contributed by atoms with Crippen molar-refractivity contribution < 1.29 is 62.2 Å². The van der Waals surface area contributed by atoms with E-state index in [0.717, 1.165) is 44.9 Å². The van der Waals surface area contributed by atoms with E-state index in [1.165, 1.54) is 5.92 Å². The van der Waals surface area contributed by atoms with Gasteiger partial charge in [0.2, 0.25) is 0 Å². The van der Waals surface area contributed by atoms with Gasteiger partial charge in [0.15, 0.2) is 0 Å². The van der Waals surface area contributed by atoms with E-state index < -0.39 is 11.2 Å². The van der Waals surface area contributed by atoms with Gasteiger partial charge in [0.05, 0.1) is 11.7 Å². The van der Waals surface area contributed by atoms with Crippen LogP contribution in [0.2, 0.25) is 0 Å². The van der Waals surface area contributed by atoms with E-state index in [1.807, 2.05) is 13.8 Å². The molecular formula is C25H41CeO4-. The number of aliphatic hydroxyl groups is 4. The molecule has 170 valence electrons. The summed E-state index contributed by atoms with van der Waals surface area (Å²) < 4.78 is 0. The average molecular weight is 546 g/mol. The van der Waals surface area contributed by atoms with E-state index in [4.69, 9.17) is 0 Å². The van der Waals surface area contributed by atoms with E-state index in [2.05, 4.69) is 6.92 Å². The van der Waals surface area contributed by atoms with Crippen LogP contribution < -0.4 is 0 Å². The van der Waals surface area contributed by atoms with Crippen LogP contribution in [0, 0.1) is 94.5 Å². The normalized spacial score (nSPS) is 57.3. The first kappa shape index (κ1) is 24.3. The number of fused-ring (bicyclic) bond motifs is 10. The van der Waals surface area contributed by atoms with Crippen LogP contribution in [0.25, 0.3) is 0 Å². The van der Waals surface area contributed by atoms with Crippen molar-refractivity contribution in [1.29, 1.82) is 0 Å². The third-order valence-electron chi connectivity index (χ3n) is 10.5. The smallest absolute Gasteiger partial charge is 0.0759 e. The van der Waals surface area contributed by atoms with Crippen molar-refractivity contribution >= 4 is 0 Å². The average Bonchev–Trinajstić information content (AvgIpc) is 3.61. The van der Waals surface area contributed by atoms with Gasteiger partial charge in [-0.15, -0.1) is 0 Å². The second-order valence-corrected chi connectivity index (χ2v) is 11.3. The van der Waals surface area contributed by atoms with E-state index in [-0.39, 0.29) is 59.9 Å². The van der Waals surface area contributed by atoms with E-state index in [0.29, 0.717) is 54.3 Å². The van der Waals surface area contributed by atoms with Crippen LogP contribution in [0.1, 0.15) is 78.6 Å². The molecule has 0 radical (unpaired) electrons.